The highest BCUT2D eigenvalue weighted by Gasteiger charge is 2.26. The molecule has 3 aromatic rings. The van der Waals surface area contributed by atoms with Gasteiger partial charge in [-0.2, -0.15) is 4.98 Å². The predicted molar refractivity (Wildman–Crippen MR) is 136 cm³/mol. The lowest BCUT2D eigenvalue weighted by atomic mass is 9.87. The summed E-state index contributed by atoms with van der Waals surface area (Å²) in [5.74, 6) is 1.52. The van der Waals surface area contributed by atoms with Crippen molar-refractivity contribution in [3.63, 3.8) is 0 Å². The van der Waals surface area contributed by atoms with E-state index in [2.05, 4.69) is 75.2 Å². The van der Waals surface area contributed by atoms with Gasteiger partial charge in [-0.25, -0.2) is 4.98 Å². The molecule has 0 saturated heterocycles. The van der Waals surface area contributed by atoms with Crippen LogP contribution >= 0.6 is 0 Å². The topological polar surface area (TPSA) is 38.3 Å². The summed E-state index contributed by atoms with van der Waals surface area (Å²) in [6, 6.07) is 15.8. The van der Waals surface area contributed by atoms with E-state index < -0.39 is 0 Å². The van der Waals surface area contributed by atoms with Gasteiger partial charge in [0.1, 0.15) is 0 Å². The van der Waals surface area contributed by atoms with Crippen LogP contribution in [0.3, 0.4) is 0 Å². The van der Waals surface area contributed by atoms with Crippen LogP contribution in [0.15, 0.2) is 42.5 Å². The van der Waals surface area contributed by atoms with Gasteiger partial charge in [-0.1, -0.05) is 56.3 Å². The Bertz CT molecular complexity index is 1090. The van der Waals surface area contributed by atoms with Crippen molar-refractivity contribution >= 4 is 0 Å². The van der Waals surface area contributed by atoms with Crippen LogP contribution in [0.1, 0.15) is 73.2 Å². The standard InChI is InChI=1S/C29H37N3O/c1-6-21-14-11-15-22(7-2)27(21)28-30-20(4)25(29(31-28)33-8-3)19-32(5)26-18-12-16-23-13-9-10-17-24(23)26/h9-11,13-15,17,26H,6-8,12,16,18-19H2,1-5H3/t26-/m0/s1. The van der Waals surface area contributed by atoms with Gasteiger partial charge >= 0.3 is 0 Å². The van der Waals surface area contributed by atoms with Crippen molar-refractivity contribution in [3.05, 3.63) is 76.0 Å². The number of benzene rings is 2. The van der Waals surface area contributed by atoms with Crippen molar-refractivity contribution in [2.45, 2.75) is 72.4 Å². The number of nitrogens with zero attached hydrogens (tertiary/aromatic N) is 3. The van der Waals surface area contributed by atoms with Crippen LogP contribution in [0.4, 0.5) is 0 Å². The van der Waals surface area contributed by atoms with Crippen molar-refractivity contribution in [2.75, 3.05) is 13.7 Å². The van der Waals surface area contributed by atoms with Crippen molar-refractivity contribution in [1.82, 2.24) is 14.9 Å². The monoisotopic (exact) mass is 443 g/mol. The van der Waals surface area contributed by atoms with Gasteiger partial charge in [0.25, 0.3) is 0 Å². The molecule has 33 heavy (non-hydrogen) atoms. The average Bonchev–Trinajstić information content (AvgIpc) is 2.85. The lowest BCUT2D eigenvalue weighted by Crippen LogP contribution is -2.28. The third-order valence-electron chi connectivity index (χ3n) is 6.96. The highest BCUT2D eigenvalue weighted by Crippen LogP contribution is 2.36. The number of aryl methyl sites for hydroxylation is 4. The molecule has 0 aliphatic heterocycles. The Morgan fingerprint density at radius 1 is 0.970 bits per heavy atom. The minimum absolute atomic E-state index is 0.413. The summed E-state index contributed by atoms with van der Waals surface area (Å²) >= 11 is 0. The number of hydrogen-bond donors (Lipinski definition) is 0. The molecule has 1 atom stereocenters. The van der Waals surface area contributed by atoms with Crippen LogP contribution in [0.5, 0.6) is 5.88 Å². The smallest absolute Gasteiger partial charge is 0.221 e. The maximum Gasteiger partial charge on any atom is 0.221 e. The van der Waals surface area contributed by atoms with Gasteiger partial charge in [-0.3, -0.25) is 4.90 Å². The van der Waals surface area contributed by atoms with Crippen molar-refractivity contribution in [3.8, 4) is 17.3 Å². The lowest BCUT2D eigenvalue weighted by molar-refractivity contribution is 0.207. The summed E-state index contributed by atoms with van der Waals surface area (Å²) in [6.07, 6.45) is 5.51. The molecule has 4 heteroatoms. The number of ether oxygens (including phenoxy) is 1. The average molecular weight is 444 g/mol. The van der Waals surface area contributed by atoms with Crippen molar-refractivity contribution in [1.29, 1.82) is 0 Å². The van der Waals surface area contributed by atoms with Gasteiger partial charge in [0.05, 0.1) is 6.61 Å². The largest absolute Gasteiger partial charge is 0.478 e. The molecule has 2 aromatic carbocycles. The summed E-state index contributed by atoms with van der Waals surface area (Å²) in [5.41, 5.74) is 8.80. The van der Waals surface area contributed by atoms with E-state index in [1.807, 2.05) is 6.92 Å². The molecule has 0 spiro atoms. The molecule has 0 bridgehead atoms. The fourth-order valence-corrected chi connectivity index (χ4v) is 5.20. The SMILES string of the molecule is CCOc1nc(-c2c(CC)cccc2CC)nc(C)c1CN(C)[C@H]1CCCc2ccccc21. The van der Waals surface area contributed by atoms with Crippen molar-refractivity contribution < 1.29 is 4.74 Å². The van der Waals surface area contributed by atoms with Gasteiger partial charge in [-0.15, -0.1) is 0 Å². The number of aromatic nitrogens is 2. The third kappa shape index (κ3) is 4.81. The van der Waals surface area contributed by atoms with E-state index in [1.165, 1.54) is 47.1 Å². The van der Waals surface area contributed by atoms with Crippen LogP contribution < -0.4 is 4.74 Å². The molecule has 174 valence electrons. The molecule has 4 nitrogen and oxygen atoms in total. The fraction of sp³-hybridized carbons (Fsp3) is 0.448. The van der Waals surface area contributed by atoms with E-state index in [4.69, 9.17) is 14.7 Å². The first-order valence-electron chi connectivity index (χ1n) is 12.5. The maximum atomic E-state index is 6.11. The van der Waals surface area contributed by atoms with Crippen LogP contribution in [0.2, 0.25) is 0 Å². The summed E-state index contributed by atoms with van der Waals surface area (Å²) in [4.78, 5) is 12.5. The minimum atomic E-state index is 0.413. The Balaban J connectivity index is 1.71. The number of hydrogen-bond acceptors (Lipinski definition) is 4. The summed E-state index contributed by atoms with van der Waals surface area (Å²) < 4.78 is 6.11. The highest BCUT2D eigenvalue weighted by atomic mass is 16.5. The second-order valence-corrected chi connectivity index (χ2v) is 9.03. The second-order valence-electron chi connectivity index (χ2n) is 9.03. The highest BCUT2D eigenvalue weighted by molar-refractivity contribution is 5.66. The zero-order valence-corrected chi connectivity index (χ0v) is 20.8. The molecule has 0 unspecified atom stereocenters. The van der Waals surface area contributed by atoms with Gasteiger partial charge in [0.15, 0.2) is 5.82 Å². The quantitative estimate of drug-likeness (QED) is 0.399. The first-order chi connectivity index (χ1) is 16.1. The van der Waals surface area contributed by atoms with E-state index in [1.54, 1.807) is 0 Å². The Kier molecular flexibility index (Phi) is 7.44. The molecule has 0 amide bonds. The number of fused-ring (bicyclic) bond motifs is 1. The third-order valence-corrected chi connectivity index (χ3v) is 6.96. The molecular weight excluding hydrogens is 406 g/mol. The van der Waals surface area contributed by atoms with Crippen LogP contribution in [0.25, 0.3) is 11.4 Å². The molecular formula is C29H37N3O. The van der Waals surface area contributed by atoms with Crippen LogP contribution in [-0.4, -0.2) is 28.5 Å². The lowest BCUT2D eigenvalue weighted by Gasteiger charge is -2.33. The zero-order valence-electron chi connectivity index (χ0n) is 20.8. The Hall–Kier alpha value is -2.72. The minimum Gasteiger partial charge on any atom is -0.478 e. The molecule has 1 heterocycles. The van der Waals surface area contributed by atoms with Gasteiger partial charge in [0, 0.05) is 29.4 Å². The van der Waals surface area contributed by atoms with E-state index in [9.17, 15) is 0 Å². The maximum absolute atomic E-state index is 6.11. The zero-order chi connectivity index (χ0) is 23.4. The Morgan fingerprint density at radius 2 is 1.70 bits per heavy atom. The van der Waals surface area contributed by atoms with Gasteiger partial charge < -0.3 is 4.74 Å². The van der Waals surface area contributed by atoms with Crippen LogP contribution in [-0.2, 0) is 25.8 Å². The molecule has 0 fully saturated rings. The van der Waals surface area contributed by atoms with E-state index in [-0.39, 0.29) is 0 Å². The first kappa shape index (κ1) is 23.4. The predicted octanol–water partition coefficient (Wildman–Crippen LogP) is 6.48. The van der Waals surface area contributed by atoms with Crippen LogP contribution in [0, 0.1) is 6.92 Å². The fourth-order valence-electron chi connectivity index (χ4n) is 5.20. The van der Waals surface area contributed by atoms with Crippen molar-refractivity contribution in [2.24, 2.45) is 0 Å². The Morgan fingerprint density at radius 3 is 2.39 bits per heavy atom. The normalized spacial score (nSPS) is 15.5. The van der Waals surface area contributed by atoms with E-state index in [0.717, 1.165) is 42.3 Å². The number of rotatable bonds is 8. The summed E-state index contributed by atoms with van der Waals surface area (Å²) in [7, 11) is 2.22. The Labute approximate surface area is 199 Å². The molecule has 1 aliphatic rings. The molecule has 4 rings (SSSR count). The van der Waals surface area contributed by atoms with E-state index in [0.29, 0.717) is 12.6 Å². The molecule has 1 aromatic heterocycles. The van der Waals surface area contributed by atoms with Gasteiger partial charge in [0.2, 0.25) is 5.88 Å². The summed E-state index contributed by atoms with van der Waals surface area (Å²) in [5, 5.41) is 0. The first-order valence-corrected chi connectivity index (χ1v) is 12.5. The van der Waals surface area contributed by atoms with Gasteiger partial charge in [-0.05, 0) is 75.3 Å². The molecule has 0 N–H and O–H groups in total. The molecule has 0 saturated carbocycles. The molecule has 0 radical (unpaired) electrons. The molecule has 1 aliphatic carbocycles. The second kappa shape index (κ2) is 10.5. The van der Waals surface area contributed by atoms with E-state index >= 15 is 0 Å². The summed E-state index contributed by atoms with van der Waals surface area (Å²) in [6.45, 7) is 9.89.